The monoisotopic (exact) mass is 389 g/mol. The Morgan fingerprint density at radius 3 is 2.54 bits per heavy atom. The molecular formula is C19H27N5O4. The summed E-state index contributed by atoms with van der Waals surface area (Å²) >= 11 is 0. The molecule has 28 heavy (non-hydrogen) atoms. The van der Waals surface area contributed by atoms with E-state index in [0.717, 1.165) is 25.5 Å². The lowest BCUT2D eigenvalue weighted by molar-refractivity contribution is -0.118. The van der Waals surface area contributed by atoms with Gasteiger partial charge in [0.15, 0.2) is 11.5 Å². The van der Waals surface area contributed by atoms with Crippen LogP contribution in [0.1, 0.15) is 11.9 Å². The van der Waals surface area contributed by atoms with E-state index in [1.807, 2.05) is 17.8 Å². The van der Waals surface area contributed by atoms with Crippen molar-refractivity contribution >= 4 is 11.6 Å². The van der Waals surface area contributed by atoms with Crippen LogP contribution < -0.4 is 24.8 Å². The van der Waals surface area contributed by atoms with E-state index in [2.05, 4.69) is 20.5 Å². The standard InChI is InChI=1S/C19H27N5O4/c1-23-7-6-21-19(23)14-11-20-5-8-24(14)12-17(25)22-13-9-15(26-2)18(28-4)16(10-13)27-3/h6-7,9-10,14,20H,5,8,11-12H2,1-4H3,(H,22,25). The Morgan fingerprint density at radius 1 is 1.25 bits per heavy atom. The zero-order chi connectivity index (χ0) is 20.1. The molecular weight excluding hydrogens is 362 g/mol. The summed E-state index contributed by atoms with van der Waals surface area (Å²) in [6.45, 7) is 2.61. The van der Waals surface area contributed by atoms with Crippen molar-refractivity contribution in [1.29, 1.82) is 0 Å². The van der Waals surface area contributed by atoms with Gasteiger partial charge in [-0.15, -0.1) is 0 Å². The zero-order valence-corrected chi connectivity index (χ0v) is 16.7. The molecule has 0 bridgehead atoms. The number of amides is 1. The van der Waals surface area contributed by atoms with Gasteiger partial charge < -0.3 is 29.4 Å². The second-order valence-corrected chi connectivity index (χ2v) is 6.55. The average molecular weight is 389 g/mol. The van der Waals surface area contributed by atoms with E-state index in [9.17, 15) is 4.79 Å². The molecule has 2 heterocycles. The Balaban J connectivity index is 1.73. The molecule has 2 N–H and O–H groups in total. The van der Waals surface area contributed by atoms with Gasteiger partial charge in [-0.1, -0.05) is 0 Å². The van der Waals surface area contributed by atoms with Crippen LogP contribution in [0.3, 0.4) is 0 Å². The number of hydrogen-bond donors (Lipinski definition) is 2. The summed E-state index contributed by atoms with van der Waals surface area (Å²) in [4.78, 5) is 19.3. The number of aromatic nitrogens is 2. The molecule has 0 spiro atoms. The molecule has 2 aromatic rings. The summed E-state index contributed by atoms with van der Waals surface area (Å²) in [5.74, 6) is 2.29. The Kier molecular flexibility index (Phi) is 6.37. The van der Waals surface area contributed by atoms with Crippen molar-refractivity contribution in [2.45, 2.75) is 6.04 Å². The van der Waals surface area contributed by atoms with Gasteiger partial charge in [-0.3, -0.25) is 9.69 Å². The fourth-order valence-corrected chi connectivity index (χ4v) is 3.43. The molecule has 152 valence electrons. The van der Waals surface area contributed by atoms with Crippen molar-refractivity contribution in [2.24, 2.45) is 7.05 Å². The first-order valence-corrected chi connectivity index (χ1v) is 9.09. The van der Waals surface area contributed by atoms with Crippen LogP contribution in [0.4, 0.5) is 5.69 Å². The van der Waals surface area contributed by atoms with Crippen LogP contribution in [0.2, 0.25) is 0 Å². The van der Waals surface area contributed by atoms with Gasteiger partial charge in [-0.05, 0) is 0 Å². The first kappa shape index (κ1) is 20.0. The van der Waals surface area contributed by atoms with Crippen LogP contribution in [0.15, 0.2) is 24.5 Å². The quantitative estimate of drug-likeness (QED) is 0.731. The van der Waals surface area contributed by atoms with Crippen molar-refractivity contribution in [3.63, 3.8) is 0 Å². The number of anilines is 1. The Morgan fingerprint density at radius 2 is 1.96 bits per heavy atom. The number of carbonyl (C=O) groups excluding carboxylic acids is 1. The summed E-state index contributed by atoms with van der Waals surface area (Å²) in [5, 5.41) is 6.30. The minimum Gasteiger partial charge on any atom is -0.493 e. The molecule has 0 radical (unpaired) electrons. The van der Waals surface area contributed by atoms with E-state index in [0.29, 0.717) is 22.9 Å². The topological polar surface area (TPSA) is 89.9 Å². The summed E-state index contributed by atoms with van der Waals surface area (Å²) in [7, 11) is 6.59. The largest absolute Gasteiger partial charge is 0.493 e. The molecule has 1 aliphatic heterocycles. The second kappa shape index (κ2) is 8.94. The maximum Gasteiger partial charge on any atom is 0.238 e. The van der Waals surface area contributed by atoms with Crippen LogP contribution in [-0.2, 0) is 11.8 Å². The predicted molar refractivity (Wildman–Crippen MR) is 105 cm³/mol. The van der Waals surface area contributed by atoms with Gasteiger partial charge in [-0.2, -0.15) is 0 Å². The number of nitrogens with zero attached hydrogens (tertiary/aromatic N) is 3. The van der Waals surface area contributed by atoms with E-state index in [-0.39, 0.29) is 18.5 Å². The first-order valence-electron chi connectivity index (χ1n) is 9.09. The number of rotatable bonds is 7. The van der Waals surface area contributed by atoms with E-state index in [1.165, 1.54) is 0 Å². The number of carbonyl (C=O) groups is 1. The van der Waals surface area contributed by atoms with E-state index in [1.54, 1.807) is 39.7 Å². The van der Waals surface area contributed by atoms with Gasteiger partial charge in [0.2, 0.25) is 11.7 Å². The van der Waals surface area contributed by atoms with Crippen molar-refractivity contribution in [1.82, 2.24) is 19.8 Å². The molecule has 1 aliphatic rings. The highest BCUT2D eigenvalue weighted by Crippen LogP contribution is 2.39. The number of piperazine rings is 1. The molecule has 1 atom stereocenters. The van der Waals surface area contributed by atoms with Gasteiger partial charge in [0.05, 0.1) is 33.9 Å². The highest BCUT2D eigenvalue weighted by Gasteiger charge is 2.28. The normalized spacial score (nSPS) is 17.2. The molecule has 1 saturated heterocycles. The molecule has 0 saturated carbocycles. The van der Waals surface area contributed by atoms with E-state index >= 15 is 0 Å². The second-order valence-electron chi connectivity index (χ2n) is 6.55. The average Bonchev–Trinajstić information content (AvgIpc) is 3.13. The van der Waals surface area contributed by atoms with E-state index in [4.69, 9.17) is 14.2 Å². The maximum atomic E-state index is 12.7. The van der Waals surface area contributed by atoms with Gasteiger partial charge in [-0.25, -0.2) is 4.98 Å². The number of imidazole rings is 1. The number of nitrogens with one attached hydrogen (secondary N) is 2. The smallest absolute Gasteiger partial charge is 0.238 e. The molecule has 1 aromatic carbocycles. The first-order chi connectivity index (χ1) is 13.6. The Hall–Kier alpha value is -2.78. The summed E-state index contributed by atoms with van der Waals surface area (Å²) in [6, 6.07) is 3.47. The molecule has 1 fully saturated rings. The summed E-state index contributed by atoms with van der Waals surface area (Å²) in [5.41, 5.74) is 0.586. The lowest BCUT2D eigenvalue weighted by atomic mass is 10.1. The van der Waals surface area contributed by atoms with Crippen molar-refractivity contribution in [3.05, 3.63) is 30.4 Å². The molecule has 9 heteroatoms. The Labute approximate surface area is 164 Å². The third kappa shape index (κ3) is 4.20. The van der Waals surface area contributed by atoms with Gasteiger partial charge in [0.25, 0.3) is 0 Å². The lowest BCUT2D eigenvalue weighted by Gasteiger charge is -2.35. The number of aryl methyl sites for hydroxylation is 1. The fourth-order valence-electron chi connectivity index (χ4n) is 3.43. The fraction of sp³-hybridized carbons (Fsp3) is 0.474. The molecule has 9 nitrogen and oxygen atoms in total. The van der Waals surface area contributed by atoms with Crippen LogP contribution in [0, 0.1) is 0 Å². The zero-order valence-electron chi connectivity index (χ0n) is 16.7. The predicted octanol–water partition coefficient (Wildman–Crippen LogP) is 1.03. The van der Waals surface area contributed by atoms with Gasteiger partial charge >= 0.3 is 0 Å². The third-order valence-corrected chi connectivity index (χ3v) is 4.81. The van der Waals surface area contributed by atoms with Crippen molar-refractivity contribution in [3.8, 4) is 17.2 Å². The van der Waals surface area contributed by atoms with Crippen LogP contribution in [0.25, 0.3) is 0 Å². The summed E-state index contributed by atoms with van der Waals surface area (Å²) in [6.07, 6.45) is 3.69. The van der Waals surface area contributed by atoms with Crippen LogP contribution >= 0.6 is 0 Å². The molecule has 1 amide bonds. The van der Waals surface area contributed by atoms with E-state index < -0.39 is 0 Å². The Bertz CT molecular complexity index is 797. The molecule has 1 aromatic heterocycles. The van der Waals surface area contributed by atoms with Gasteiger partial charge in [0.1, 0.15) is 5.82 Å². The summed E-state index contributed by atoms with van der Waals surface area (Å²) < 4.78 is 18.0. The number of benzene rings is 1. The van der Waals surface area contributed by atoms with Crippen LogP contribution in [0.5, 0.6) is 17.2 Å². The number of hydrogen-bond acceptors (Lipinski definition) is 7. The minimum atomic E-state index is -0.115. The lowest BCUT2D eigenvalue weighted by Crippen LogP contribution is -2.49. The van der Waals surface area contributed by atoms with Crippen LogP contribution in [-0.4, -0.2) is 67.9 Å². The molecule has 3 rings (SSSR count). The third-order valence-electron chi connectivity index (χ3n) is 4.81. The van der Waals surface area contributed by atoms with Crippen molar-refractivity contribution in [2.75, 3.05) is 52.8 Å². The SMILES string of the molecule is COc1cc(NC(=O)CN2CCNCC2c2nccn2C)cc(OC)c1OC. The maximum absolute atomic E-state index is 12.7. The van der Waals surface area contributed by atoms with Crippen molar-refractivity contribution < 1.29 is 19.0 Å². The molecule has 0 aliphatic carbocycles. The highest BCUT2D eigenvalue weighted by atomic mass is 16.5. The minimum absolute atomic E-state index is 0.0411. The number of methoxy groups -OCH3 is 3. The van der Waals surface area contributed by atoms with Gasteiger partial charge in [0, 0.05) is 56.9 Å². The highest BCUT2D eigenvalue weighted by molar-refractivity contribution is 5.93. The molecule has 1 unspecified atom stereocenters. The number of ether oxygens (including phenoxy) is 3.